The van der Waals surface area contributed by atoms with E-state index in [1.165, 1.54) is 17.8 Å². The second-order valence-corrected chi connectivity index (χ2v) is 6.35. The maximum atomic E-state index is 12.8. The lowest BCUT2D eigenvalue weighted by Crippen LogP contribution is -2.46. The molecule has 1 fully saturated rings. The van der Waals surface area contributed by atoms with Crippen molar-refractivity contribution in [3.05, 3.63) is 65.7 Å². The Morgan fingerprint density at radius 3 is 2.58 bits per heavy atom. The Kier molecular flexibility index (Phi) is 8.24. The lowest BCUT2D eigenvalue weighted by atomic mass is 10.0. The van der Waals surface area contributed by atoms with Crippen LogP contribution < -0.4 is 11.1 Å². The number of rotatable bonds is 5. The molecule has 1 aliphatic rings. The van der Waals surface area contributed by atoms with Crippen LogP contribution in [0, 0.1) is 5.82 Å². The topological polar surface area (TPSA) is 66.5 Å². The summed E-state index contributed by atoms with van der Waals surface area (Å²) in [5, 5.41) is 3.28. The van der Waals surface area contributed by atoms with Crippen molar-refractivity contribution in [3.8, 4) is 0 Å². The Morgan fingerprint density at radius 1 is 1.19 bits per heavy atom. The second kappa shape index (κ2) is 10.4. The number of nitrogens with two attached hydrogens (primary N) is 1. The van der Waals surface area contributed by atoms with Gasteiger partial charge < -0.3 is 11.1 Å². The van der Waals surface area contributed by atoms with Gasteiger partial charge in [0.1, 0.15) is 5.82 Å². The van der Waals surface area contributed by atoms with Crippen LogP contribution in [-0.4, -0.2) is 35.0 Å². The van der Waals surface area contributed by atoms with Crippen molar-refractivity contribution in [1.82, 2.24) is 15.2 Å². The number of halogens is 2. The maximum Gasteiger partial charge on any atom is 0.189 e. The zero-order valence-electron chi connectivity index (χ0n) is 14.6. The standard InChI is InChI=1S/C19H24FN5.HI/c20-16-6-7-18(22-12-16)13-23-19(21)24-17-8-10-25(11-9-17)14-15-4-2-1-3-5-15;/h1-7,12,17H,8-11,13-14H2,(H3,21,23,24);1H. The molecule has 140 valence electrons. The first-order valence-electron chi connectivity index (χ1n) is 8.62. The highest BCUT2D eigenvalue weighted by molar-refractivity contribution is 14.0. The van der Waals surface area contributed by atoms with Gasteiger partial charge in [0.25, 0.3) is 0 Å². The van der Waals surface area contributed by atoms with Crippen molar-refractivity contribution < 1.29 is 4.39 Å². The SMILES string of the molecule is I.NC(=NCc1ccc(F)cn1)NC1CCN(Cc2ccccc2)CC1. The molecule has 0 aliphatic carbocycles. The van der Waals surface area contributed by atoms with E-state index in [0.29, 0.717) is 24.2 Å². The van der Waals surface area contributed by atoms with Crippen molar-refractivity contribution >= 4 is 29.9 Å². The summed E-state index contributed by atoms with van der Waals surface area (Å²) in [7, 11) is 0. The fourth-order valence-electron chi connectivity index (χ4n) is 3.00. The molecule has 3 N–H and O–H groups in total. The van der Waals surface area contributed by atoms with Crippen molar-refractivity contribution in [1.29, 1.82) is 0 Å². The second-order valence-electron chi connectivity index (χ2n) is 6.35. The number of piperidine rings is 1. The number of nitrogens with one attached hydrogen (secondary N) is 1. The highest BCUT2D eigenvalue weighted by Crippen LogP contribution is 2.13. The van der Waals surface area contributed by atoms with Gasteiger partial charge in [0.2, 0.25) is 0 Å². The number of aromatic nitrogens is 1. The molecule has 1 aromatic carbocycles. The molecule has 2 heterocycles. The van der Waals surface area contributed by atoms with Gasteiger partial charge >= 0.3 is 0 Å². The van der Waals surface area contributed by atoms with E-state index in [1.807, 2.05) is 6.07 Å². The zero-order chi connectivity index (χ0) is 17.5. The molecule has 0 unspecified atom stereocenters. The van der Waals surface area contributed by atoms with Gasteiger partial charge in [-0.2, -0.15) is 0 Å². The lowest BCUT2D eigenvalue weighted by Gasteiger charge is -2.32. The van der Waals surface area contributed by atoms with Gasteiger partial charge in [-0.15, -0.1) is 24.0 Å². The quantitative estimate of drug-likeness (QED) is 0.402. The average molecular weight is 469 g/mol. The zero-order valence-corrected chi connectivity index (χ0v) is 17.0. The van der Waals surface area contributed by atoms with E-state index in [4.69, 9.17) is 5.73 Å². The van der Waals surface area contributed by atoms with Crippen LogP contribution in [0.1, 0.15) is 24.1 Å². The molecule has 5 nitrogen and oxygen atoms in total. The van der Waals surface area contributed by atoms with Gasteiger partial charge in [0, 0.05) is 25.7 Å². The summed E-state index contributed by atoms with van der Waals surface area (Å²) in [5.41, 5.74) is 8.01. The number of aliphatic imine (C=N–C) groups is 1. The third-order valence-corrected chi connectivity index (χ3v) is 4.39. The number of pyridine rings is 1. The van der Waals surface area contributed by atoms with Crippen LogP contribution in [0.5, 0.6) is 0 Å². The van der Waals surface area contributed by atoms with Crippen molar-refractivity contribution in [2.24, 2.45) is 10.7 Å². The summed E-state index contributed by atoms with van der Waals surface area (Å²) >= 11 is 0. The van der Waals surface area contributed by atoms with Gasteiger partial charge in [-0.3, -0.25) is 9.88 Å². The number of hydrogen-bond acceptors (Lipinski definition) is 3. The molecular formula is C19H25FIN5. The number of benzene rings is 1. The van der Waals surface area contributed by atoms with Crippen molar-refractivity contribution in [2.75, 3.05) is 13.1 Å². The predicted octanol–water partition coefficient (Wildman–Crippen LogP) is 2.91. The van der Waals surface area contributed by atoms with E-state index in [9.17, 15) is 4.39 Å². The number of hydrogen-bond donors (Lipinski definition) is 2. The minimum atomic E-state index is -0.346. The van der Waals surface area contributed by atoms with E-state index in [0.717, 1.165) is 32.5 Å². The van der Waals surface area contributed by atoms with Gasteiger partial charge in [-0.25, -0.2) is 9.38 Å². The van der Waals surface area contributed by atoms with Crippen LogP contribution in [-0.2, 0) is 13.1 Å². The molecule has 2 aromatic rings. The molecule has 1 aromatic heterocycles. The summed E-state index contributed by atoms with van der Waals surface area (Å²) in [6.45, 7) is 3.43. The molecule has 0 bridgehead atoms. The monoisotopic (exact) mass is 469 g/mol. The third-order valence-electron chi connectivity index (χ3n) is 4.39. The summed E-state index contributed by atoms with van der Waals surface area (Å²) < 4.78 is 12.8. The highest BCUT2D eigenvalue weighted by atomic mass is 127. The van der Waals surface area contributed by atoms with Gasteiger partial charge in [0.05, 0.1) is 18.4 Å². The van der Waals surface area contributed by atoms with Crippen LogP contribution in [0.4, 0.5) is 4.39 Å². The Balaban J connectivity index is 0.00000243. The Hall–Kier alpha value is -1.74. The van der Waals surface area contributed by atoms with Crippen LogP contribution in [0.15, 0.2) is 53.7 Å². The first-order valence-corrected chi connectivity index (χ1v) is 8.62. The van der Waals surface area contributed by atoms with Crippen LogP contribution in [0.3, 0.4) is 0 Å². The first kappa shape index (κ1) is 20.6. The molecule has 7 heteroatoms. The maximum absolute atomic E-state index is 12.8. The molecule has 0 radical (unpaired) electrons. The smallest absolute Gasteiger partial charge is 0.189 e. The van der Waals surface area contributed by atoms with Gasteiger partial charge in [-0.05, 0) is 30.5 Å². The van der Waals surface area contributed by atoms with Gasteiger partial charge in [-0.1, -0.05) is 30.3 Å². The third kappa shape index (κ3) is 6.53. The van der Waals surface area contributed by atoms with Crippen molar-refractivity contribution in [2.45, 2.75) is 32.0 Å². The number of nitrogens with zero attached hydrogens (tertiary/aromatic N) is 3. The molecule has 0 amide bonds. The molecular weight excluding hydrogens is 444 g/mol. The molecule has 1 saturated heterocycles. The lowest BCUT2D eigenvalue weighted by molar-refractivity contribution is 0.199. The summed E-state index contributed by atoms with van der Waals surface area (Å²) in [6, 6.07) is 13.9. The minimum absolute atomic E-state index is 0. The Morgan fingerprint density at radius 2 is 1.92 bits per heavy atom. The summed E-state index contributed by atoms with van der Waals surface area (Å²) in [4.78, 5) is 10.7. The first-order chi connectivity index (χ1) is 12.2. The fraction of sp³-hybridized carbons (Fsp3) is 0.368. The van der Waals surface area contributed by atoms with Crippen LogP contribution >= 0.6 is 24.0 Å². The molecule has 0 atom stereocenters. The minimum Gasteiger partial charge on any atom is -0.370 e. The normalized spacial score (nSPS) is 16.1. The largest absolute Gasteiger partial charge is 0.370 e. The fourth-order valence-corrected chi connectivity index (χ4v) is 3.00. The van der Waals surface area contributed by atoms with E-state index >= 15 is 0 Å². The van der Waals surface area contributed by atoms with Crippen molar-refractivity contribution in [3.63, 3.8) is 0 Å². The van der Waals surface area contributed by atoms with Gasteiger partial charge in [0.15, 0.2) is 5.96 Å². The highest BCUT2D eigenvalue weighted by Gasteiger charge is 2.19. The van der Waals surface area contributed by atoms with E-state index in [1.54, 1.807) is 6.07 Å². The Labute approximate surface area is 170 Å². The van der Waals surface area contributed by atoms with E-state index in [2.05, 4.69) is 44.5 Å². The summed E-state index contributed by atoms with van der Waals surface area (Å²) in [5.74, 6) is 0.0775. The van der Waals surface area contributed by atoms with E-state index in [-0.39, 0.29) is 29.8 Å². The van der Waals surface area contributed by atoms with Crippen LogP contribution in [0.2, 0.25) is 0 Å². The summed E-state index contributed by atoms with van der Waals surface area (Å²) in [6.07, 6.45) is 3.27. The van der Waals surface area contributed by atoms with Crippen LogP contribution in [0.25, 0.3) is 0 Å². The molecule has 0 saturated carbocycles. The molecule has 1 aliphatic heterocycles. The number of likely N-dealkylation sites (tertiary alicyclic amines) is 1. The van der Waals surface area contributed by atoms with E-state index < -0.39 is 0 Å². The molecule has 26 heavy (non-hydrogen) atoms. The predicted molar refractivity (Wildman–Crippen MR) is 113 cm³/mol. The molecule has 0 spiro atoms. The molecule has 3 rings (SSSR count). The number of guanidine groups is 1. The Bertz CT molecular complexity index is 685. The average Bonchev–Trinajstić information content (AvgIpc) is 2.64.